The molecule has 0 bridgehead atoms. The molecular formula is C14H14N4OS. The number of aromatic nitrogens is 3. The van der Waals surface area contributed by atoms with E-state index in [0.29, 0.717) is 5.69 Å². The number of hydrogen-bond donors (Lipinski definition) is 1. The molecule has 5 nitrogen and oxygen atoms in total. The first-order chi connectivity index (χ1) is 9.76. The van der Waals surface area contributed by atoms with Crippen molar-refractivity contribution in [1.29, 1.82) is 0 Å². The second-order valence-electron chi connectivity index (χ2n) is 4.31. The fourth-order valence-corrected chi connectivity index (χ4v) is 2.81. The third-order valence-corrected chi connectivity index (χ3v) is 3.89. The minimum atomic E-state index is 0.700. The van der Waals surface area contributed by atoms with E-state index < -0.39 is 0 Å². The normalized spacial score (nSPS) is 10.8. The van der Waals surface area contributed by atoms with Gasteiger partial charge in [-0.25, -0.2) is 0 Å². The summed E-state index contributed by atoms with van der Waals surface area (Å²) in [6, 6.07) is 11.6. The van der Waals surface area contributed by atoms with Crippen molar-refractivity contribution >= 4 is 23.1 Å². The van der Waals surface area contributed by atoms with Crippen LogP contribution in [0.3, 0.4) is 0 Å². The predicted octanol–water partition coefficient (Wildman–Crippen LogP) is 2.61. The molecule has 2 heterocycles. The Morgan fingerprint density at radius 1 is 1.25 bits per heavy atom. The van der Waals surface area contributed by atoms with E-state index >= 15 is 0 Å². The Balaban J connectivity index is 1.81. The van der Waals surface area contributed by atoms with Crippen molar-refractivity contribution < 1.29 is 4.74 Å². The van der Waals surface area contributed by atoms with E-state index in [0.717, 1.165) is 27.9 Å². The summed E-state index contributed by atoms with van der Waals surface area (Å²) in [6.07, 6.45) is 1.96. The largest absolute Gasteiger partial charge is 0.497 e. The van der Waals surface area contributed by atoms with Crippen molar-refractivity contribution in [3.63, 3.8) is 0 Å². The summed E-state index contributed by atoms with van der Waals surface area (Å²) >= 11 is 1.62. The van der Waals surface area contributed by atoms with E-state index in [1.54, 1.807) is 24.9 Å². The van der Waals surface area contributed by atoms with Crippen LogP contribution in [0, 0.1) is 0 Å². The Hall–Kier alpha value is -2.21. The standard InChI is InChI=1S/C14H14N4OS/c1-19-12-7-10(6-11(15)8-12)9-20-14-17-16-13-4-2-3-5-18(13)14/h2-8H,9,15H2,1H3. The second kappa shape index (κ2) is 5.42. The number of nitrogens with two attached hydrogens (primary N) is 1. The highest BCUT2D eigenvalue weighted by atomic mass is 32.2. The van der Waals surface area contributed by atoms with Gasteiger partial charge in [0.15, 0.2) is 10.8 Å². The van der Waals surface area contributed by atoms with Crippen LogP contribution in [0.25, 0.3) is 5.65 Å². The van der Waals surface area contributed by atoms with Gasteiger partial charge in [-0.1, -0.05) is 17.8 Å². The van der Waals surface area contributed by atoms with Crippen molar-refractivity contribution in [2.75, 3.05) is 12.8 Å². The van der Waals surface area contributed by atoms with Gasteiger partial charge < -0.3 is 10.5 Å². The quantitative estimate of drug-likeness (QED) is 0.590. The van der Waals surface area contributed by atoms with Crippen molar-refractivity contribution in [1.82, 2.24) is 14.6 Å². The zero-order valence-corrected chi connectivity index (χ0v) is 11.8. The molecule has 1 aromatic carbocycles. The number of nitrogen functional groups attached to an aromatic ring is 1. The lowest BCUT2D eigenvalue weighted by Crippen LogP contribution is -1.92. The summed E-state index contributed by atoms with van der Waals surface area (Å²) in [5.41, 5.74) is 8.50. The molecule has 20 heavy (non-hydrogen) atoms. The highest BCUT2D eigenvalue weighted by Crippen LogP contribution is 2.25. The summed E-state index contributed by atoms with van der Waals surface area (Å²) < 4.78 is 7.19. The Bertz CT molecular complexity index is 741. The predicted molar refractivity (Wildman–Crippen MR) is 80.0 cm³/mol. The van der Waals surface area contributed by atoms with Gasteiger partial charge in [-0.2, -0.15) is 0 Å². The maximum Gasteiger partial charge on any atom is 0.195 e. The molecule has 0 saturated carbocycles. The summed E-state index contributed by atoms with van der Waals surface area (Å²) in [5.74, 6) is 1.53. The van der Waals surface area contributed by atoms with Gasteiger partial charge in [0.2, 0.25) is 0 Å². The third kappa shape index (κ3) is 2.55. The first-order valence-corrected chi connectivity index (χ1v) is 7.11. The van der Waals surface area contributed by atoms with Gasteiger partial charge in [-0.05, 0) is 29.8 Å². The highest BCUT2D eigenvalue weighted by Gasteiger charge is 2.06. The number of pyridine rings is 1. The topological polar surface area (TPSA) is 65.4 Å². The molecule has 0 spiro atoms. The van der Waals surface area contributed by atoms with Crippen LogP contribution in [-0.2, 0) is 5.75 Å². The van der Waals surface area contributed by atoms with Crippen LogP contribution in [0.1, 0.15) is 5.56 Å². The Labute approximate surface area is 120 Å². The van der Waals surface area contributed by atoms with Crippen molar-refractivity contribution in [2.24, 2.45) is 0 Å². The van der Waals surface area contributed by atoms with Crippen molar-refractivity contribution in [2.45, 2.75) is 10.9 Å². The molecular weight excluding hydrogens is 272 g/mol. The van der Waals surface area contributed by atoms with Crippen molar-refractivity contribution in [3.05, 3.63) is 48.2 Å². The monoisotopic (exact) mass is 286 g/mol. The summed E-state index contributed by atoms with van der Waals surface area (Å²) in [4.78, 5) is 0. The van der Waals surface area contributed by atoms with Crippen LogP contribution < -0.4 is 10.5 Å². The summed E-state index contributed by atoms with van der Waals surface area (Å²) in [6.45, 7) is 0. The lowest BCUT2D eigenvalue weighted by molar-refractivity contribution is 0.414. The zero-order valence-electron chi connectivity index (χ0n) is 11.0. The molecule has 3 aromatic rings. The van der Waals surface area contributed by atoms with E-state index in [1.807, 2.05) is 40.9 Å². The molecule has 2 aromatic heterocycles. The van der Waals surface area contributed by atoms with Crippen LogP contribution in [-0.4, -0.2) is 21.7 Å². The minimum Gasteiger partial charge on any atom is -0.497 e. The van der Waals surface area contributed by atoms with Crippen molar-refractivity contribution in [3.8, 4) is 5.75 Å². The minimum absolute atomic E-state index is 0.700. The molecule has 0 aliphatic heterocycles. The lowest BCUT2D eigenvalue weighted by atomic mass is 10.2. The molecule has 0 aliphatic rings. The van der Waals surface area contributed by atoms with Crippen LogP contribution in [0.15, 0.2) is 47.8 Å². The first-order valence-electron chi connectivity index (χ1n) is 6.12. The van der Waals surface area contributed by atoms with E-state index in [2.05, 4.69) is 10.2 Å². The zero-order chi connectivity index (χ0) is 13.9. The van der Waals surface area contributed by atoms with Crippen LogP contribution in [0.4, 0.5) is 5.69 Å². The number of nitrogens with zero attached hydrogens (tertiary/aromatic N) is 3. The van der Waals surface area contributed by atoms with E-state index in [9.17, 15) is 0 Å². The molecule has 102 valence electrons. The van der Waals surface area contributed by atoms with Gasteiger partial charge in [0.25, 0.3) is 0 Å². The van der Waals surface area contributed by atoms with Gasteiger partial charge in [0, 0.05) is 23.7 Å². The Morgan fingerprint density at radius 2 is 2.15 bits per heavy atom. The fourth-order valence-electron chi connectivity index (χ4n) is 1.95. The number of methoxy groups -OCH3 is 1. The molecule has 2 N–H and O–H groups in total. The van der Waals surface area contributed by atoms with E-state index in [4.69, 9.17) is 10.5 Å². The lowest BCUT2D eigenvalue weighted by Gasteiger charge is -2.06. The fraction of sp³-hybridized carbons (Fsp3) is 0.143. The van der Waals surface area contributed by atoms with E-state index in [-0.39, 0.29) is 0 Å². The Kier molecular flexibility index (Phi) is 3.47. The van der Waals surface area contributed by atoms with Crippen LogP contribution >= 0.6 is 11.8 Å². The maximum atomic E-state index is 5.85. The second-order valence-corrected chi connectivity index (χ2v) is 5.26. The molecule has 0 atom stereocenters. The molecule has 3 rings (SSSR count). The maximum absolute atomic E-state index is 5.85. The third-order valence-electron chi connectivity index (χ3n) is 2.87. The molecule has 0 unspecified atom stereocenters. The molecule has 0 amide bonds. The van der Waals surface area contributed by atoms with Gasteiger partial charge in [-0.3, -0.25) is 4.40 Å². The average Bonchev–Trinajstić information content (AvgIpc) is 2.88. The SMILES string of the molecule is COc1cc(N)cc(CSc2nnc3ccccn23)c1. The number of ether oxygens (including phenoxy) is 1. The van der Waals surface area contributed by atoms with Gasteiger partial charge in [0.1, 0.15) is 5.75 Å². The van der Waals surface area contributed by atoms with Crippen LogP contribution in [0.2, 0.25) is 0 Å². The molecule has 0 saturated heterocycles. The molecule has 6 heteroatoms. The van der Waals surface area contributed by atoms with E-state index in [1.165, 1.54) is 0 Å². The van der Waals surface area contributed by atoms with Gasteiger partial charge in [-0.15, -0.1) is 10.2 Å². The number of thioether (sulfide) groups is 1. The smallest absolute Gasteiger partial charge is 0.195 e. The first kappa shape index (κ1) is 12.8. The number of rotatable bonds is 4. The molecule has 0 aliphatic carbocycles. The number of hydrogen-bond acceptors (Lipinski definition) is 5. The highest BCUT2D eigenvalue weighted by molar-refractivity contribution is 7.98. The number of benzene rings is 1. The number of anilines is 1. The van der Waals surface area contributed by atoms with Crippen LogP contribution in [0.5, 0.6) is 5.75 Å². The Morgan fingerprint density at radius 3 is 3.00 bits per heavy atom. The van der Waals surface area contributed by atoms with Gasteiger partial charge in [0.05, 0.1) is 7.11 Å². The van der Waals surface area contributed by atoms with Gasteiger partial charge >= 0.3 is 0 Å². The number of fused-ring (bicyclic) bond motifs is 1. The molecule has 0 radical (unpaired) electrons. The summed E-state index contributed by atoms with van der Waals surface area (Å²) in [5, 5.41) is 9.18. The molecule has 0 fully saturated rings. The summed E-state index contributed by atoms with van der Waals surface area (Å²) in [7, 11) is 1.64. The average molecular weight is 286 g/mol.